The molecule has 0 aliphatic rings. The fraction of sp³-hybridized carbons (Fsp3) is 0.333. The summed E-state index contributed by atoms with van der Waals surface area (Å²) in [5.41, 5.74) is -0.407. The molecule has 0 aliphatic heterocycles. The van der Waals surface area contributed by atoms with Crippen LogP contribution in [-0.4, -0.2) is 6.18 Å². The van der Waals surface area contributed by atoms with Crippen molar-refractivity contribution in [1.82, 2.24) is 0 Å². The summed E-state index contributed by atoms with van der Waals surface area (Å²) < 4.78 is 61.6. The Labute approximate surface area is 77.4 Å². The van der Waals surface area contributed by atoms with Gasteiger partial charge >= 0.3 is 6.18 Å². The highest BCUT2D eigenvalue weighted by Crippen LogP contribution is 2.34. The van der Waals surface area contributed by atoms with Gasteiger partial charge < -0.3 is 0 Å². The lowest BCUT2D eigenvalue weighted by atomic mass is 10.0. The Kier molecular flexibility index (Phi) is 2.78. The second kappa shape index (κ2) is 3.55. The van der Waals surface area contributed by atoms with E-state index in [-0.39, 0.29) is 0 Å². The maximum atomic E-state index is 12.6. The van der Waals surface area contributed by atoms with Gasteiger partial charge in [0, 0.05) is 6.07 Å². The molecule has 0 fully saturated rings. The molecule has 0 amide bonds. The molecular formula is C9H7F5. The molecule has 0 heterocycles. The van der Waals surface area contributed by atoms with E-state index in [4.69, 9.17) is 0 Å². The molecule has 78 valence electrons. The number of benzene rings is 1. The minimum atomic E-state index is -4.49. The summed E-state index contributed by atoms with van der Waals surface area (Å²) in [6, 6.07) is 1.90. The van der Waals surface area contributed by atoms with Crippen molar-refractivity contribution >= 4 is 0 Å². The smallest absolute Gasteiger partial charge is 0.207 e. The van der Waals surface area contributed by atoms with Crippen LogP contribution in [0.3, 0.4) is 0 Å². The first-order chi connectivity index (χ1) is 6.30. The SMILES string of the molecule is C[C@@H](c1cc(F)cc(F)c1)C(F)(F)F. The van der Waals surface area contributed by atoms with Crippen molar-refractivity contribution in [2.75, 3.05) is 0 Å². The lowest BCUT2D eigenvalue weighted by Crippen LogP contribution is -2.17. The Balaban J connectivity index is 3.07. The minimum absolute atomic E-state index is 0.407. The predicted octanol–water partition coefficient (Wildman–Crippen LogP) is 3.63. The van der Waals surface area contributed by atoms with E-state index in [1.807, 2.05) is 0 Å². The molecule has 0 radical (unpaired) electrons. The Morgan fingerprint density at radius 2 is 1.43 bits per heavy atom. The maximum absolute atomic E-state index is 12.6. The van der Waals surface area contributed by atoms with E-state index in [1.165, 1.54) is 0 Å². The second-order valence-corrected chi connectivity index (χ2v) is 2.97. The molecule has 0 aliphatic carbocycles. The van der Waals surface area contributed by atoms with Gasteiger partial charge in [0.1, 0.15) is 11.6 Å². The van der Waals surface area contributed by atoms with E-state index in [0.717, 1.165) is 6.92 Å². The van der Waals surface area contributed by atoms with Crippen LogP contribution in [-0.2, 0) is 0 Å². The van der Waals surface area contributed by atoms with Crippen LogP contribution in [0.15, 0.2) is 18.2 Å². The average Bonchev–Trinajstić information content (AvgIpc) is 1.99. The van der Waals surface area contributed by atoms with Gasteiger partial charge in [-0.15, -0.1) is 0 Å². The molecule has 0 nitrogen and oxygen atoms in total. The molecule has 0 N–H and O–H groups in total. The highest BCUT2D eigenvalue weighted by molar-refractivity contribution is 5.22. The first kappa shape index (κ1) is 10.9. The van der Waals surface area contributed by atoms with Gasteiger partial charge in [-0.25, -0.2) is 8.78 Å². The fourth-order valence-electron chi connectivity index (χ4n) is 1.01. The number of alkyl halides is 3. The van der Waals surface area contributed by atoms with Crippen LogP contribution in [0.2, 0.25) is 0 Å². The summed E-state index contributed by atoms with van der Waals surface area (Å²) in [4.78, 5) is 0. The van der Waals surface area contributed by atoms with Crippen molar-refractivity contribution in [3.8, 4) is 0 Å². The van der Waals surface area contributed by atoms with Crippen LogP contribution in [0.1, 0.15) is 18.4 Å². The summed E-state index contributed by atoms with van der Waals surface area (Å²) in [5, 5.41) is 0. The number of hydrogen-bond donors (Lipinski definition) is 0. The highest BCUT2D eigenvalue weighted by atomic mass is 19.4. The number of rotatable bonds is 1. The minimum Gasteiger partial charge on any atom is -0.207 e. The Morgan fingerprint density at radius 1 is 1.00 bits per heavy atom. The Bertz CT molecular complexity index is 308. The molecule has 0 unspecified atom stereocenters. The fourth-order valence-corrected chi connectivity index (χ4v) is 1.01. The summed E-state index contributed by atoms with van der Waals surface area (Å²) >= 11 is 0. The highest BCUT2D eigenvalue weighted by Gasteiger charge is 2.37. The number of hydrogen-bond acceptors (Lipinski definition) is 0. The van der Waals surface area contributed by atoms with Crippen molar-refractivity contribution in [3.05, 3.63) is 35.4 Å². The van der Waals surface area contributed by atoms with E-state index in [9.17, 15) is 22.0 Å². The van der Waals surface area contributed by atoms with Crippen LogP contribution in [0, 0.1) is 11.6 Å². The summed E-state index contributed by atoms with van der Waals surface area (Å²) in [6.45, 7) is 0.855. The third kappa shape index (κ3) is 2.43. The lowest BCUT2D eigenvalue weighted by molar-refractivity contribution is -0.146. The topological polar surface area (TPSA) is 0 Å². The largest absolute Gasteiger partial charge is 0.395 e. The van der Waals surface area contributed by atoms with E-state index < -0.39 is 29.3 Å². The molecule has 0 saturated heterocycles. The van der Waals surface area contributed by atoms with Crippen molar-refractivity contribution in [1.29, 1.82) is 0 Å². The summed E-state index contributed by atoms with van der Waals surface area (Å²) in [6.07, 6.45) is -4.49. The first-order valence-electron chi connectivity index (χ1n) is 3.83. The van der Waals surface area contributed by atoms with Crippen LogP contribution >= 0.6 is 0 Å². The van der Waals surface area contributed by atoms with Gasteiger partial charge in [0.2, 0.25) is 0 Å². The standard InChI is InChI=1S/C9H7F5/c1-5(9(12,13)14)6-2-7(10)4-8(11)3-6/h2-5H,1H3/t5-/m0/s1. The Hall–Kier alpha value is -1.13. The van der Waals surface area contributed by atoms with Gasteiger partial charge in [0.05, 0.1) is 5.92 Å². The molecule has 1 aromatic rings. The monoisotopic (exact) mass is 210 g/mol. The number of halogens is 5. The van der Waals surface area contributed by atoms with E-state index in [1.54, 1.807) is 0 Å². The zero-order valence-electron chi connectivity index (χ0n) is 7.20. The zero-order chi connectivity index (χ0) is 10.9. The van der Waals surface area contributed by atoms with Crippen molar-refractivity contribution in [2.24, 2.45) is 0 Å². The molecule has 0 aromatic heterocycles. The van der Waals surface area contributed by atoms with Gasteiger partial charge in [-0.2, -0.15) is 13.2 Å². The van der Waals surface area contributed by atoms with E-state index in [2.05, 4.69) is 0 Å². The van der Waals surface area contributed by atoms with Gasteiger partial charge in [-0.1, -0.05) is 0 Å². The molecule has 0 saturated carbocycles. The molecule has 1 atom stereocenters. The third-order valence-corrected chi connectivity index (χ3v) is 1.88. The van der Waals surface area contributed by atoms with E-state index >= 15 is 0 Å². The van der Waals surface area contributed by atoms with Gasteiger partial charge in [0.15, 0.2) is 0 Å². The van der Waals surface area contributed by atoms with Crippen molar-refractivity contribution in [2.45, 2.75) is 19.0 Å². The van der Waals surface area contributed by atoms with Crippen LogP contribution in [0.4, 0.5) is 22.0 Å². The van der Waals surface area contributed by atoms with Crippen molar-refractivity contribution in [3.63, 3.8) is 0 Å². The normalized spacial score (nSPS) is 14.1. The summed E-state index contributed by atoms with van der Waals surface area (Å²) in [7, 11) is 0. The zero-order valence-corrected chi connectivity index (χ0v) is 7.20. The molecule has 1 rings (SSSR count). The quantitative estimate of drug-likeness (QED) is 0.621. The van der Waals surface area contributed by atoms with Gasteiger partial charge in [0.25, 0.3) is 0 Å². The third-order valence-electron chi connectivity index (χ3n) is 1.88. The summed E-state index contributed by atoms with van der Waals surface area (Å²) in [5.74, 6) is -3.88. The first-order valence-corrected chi connectivity index (χ1v) is 3.83. The maximum Gasteiger partial charge on any atom is 0.395 e. The van der Waals surface area contributed by atoms with Crippen LogP contribution in [0.5, 0.6) is 0 Å². The van der Waals surface area contributed by atoms with Crippen molar-refractivity contribution < 1.29 is 22.0 Å². The second-order valence-electron chi connectivity index (χ2n) is 2.97. The van der Waals surface area contributed by atoms with Crippen LogP contribution < -0.4 is 0 Å². The van der Waals surface area contributed by atoms with E-state index in [0.29, 0.717) is 18.2 Å². The molecule has 0 bridgehead atoms. The molecular weight excluding hydrogens is 203 g/mol. The molecule has 1 aromatic carbocycles. The molecule has 14 heavy (non-hydrogen) atoms. The van der Waals surface area contributed by atoms with Gasteiger partial charge in [-0.05, 0) is 24.6 Å². The molecule has 0 spiro atoms. The predicted molar refractivity (Wildman–Crippen MR) is 40.8 cm³/mol. The average molecular weight is 210 g/mol. The van der Waals surface area contributed by atoms with Gasteiger partial charge in [-0.3, -0.25) is 0 Å². The Morgan fingerprint density at radius 3 is 1.79 bits per heavy atom. The lowest BCUT2D eigenvalue weighted by Gasteiger charge is -2.15. The molecule has 5 heteroatoms. The van der Waals surface area contributed by atoms with Crippen LogP contribution in [0.25, 0.3) is 0 Å².